The predicted molar refractivity (Wildman–Crippen MR) is 134 cm³/mol. The fraction of sp³-hybridized carbons (Fsp3) is 0.840. The van der Waals surface area contributed by atoms with Gasteiger partial charge in [-0.25, -0.2) is 13.4 Å². The first-order valence-corrected chi connectivity index (χ1v) is 15.0. The van der Waals surface area contributed by atoms with Crippen LogP contribution in [0.4, 0.5) is 0 Å². The van der Waals surface area contributed by atoms with Crippen molar-refractivity contribution in [2.45, 2.75) is 83.3 Å². The van der Waals surface area contributed by atoms with Crippen molar-refractivity contribution >= 4 is 27.1 Å². The maximum atomic E-state index is 13.2. The molecule has 2 fully saturated rings. The Morgan fingerprint density at radius 2 is 1.97 bits per heavy atom. The number of hydrogen-bond acceptors (Lipinski definition) is 7. The van der Waals surface area contributed by atoms with Gasteiger partial charge in [0.1, 0.15) is 10.8 Å². The van der Waals surface area contributed by atoms with Crippen LogP contribution in [0.2, 0.25) is 0 Å². The van der Waals surface area contributed by atoms with Gasteiger partial charge < -0.3 is 14.7 Å². The van der Waals surface area contributed by atoms with E-state index in [0.717, 1.165) is 29.8 Å². The van der Waals surface area contributed by atoms with Crippen molar-refractivity contribution < 1.29 is 23.1 Å². The molecule has 1 N–H and O–H groups in total. The summed E-state index contributed by atoms with van der Waals surface area (Å²) in [5, 5.41) is 12.3. The Hall–Kier alpha value is -1.03. The summed E-state index contributed by atoms with van der Waals surface area (Å²) in [7, 11) is -3.31. The van der Waals surface area contributed by atoms with Crippen molar-refractivity contribution in [3.63, 3.8) is 0 Å². The Labute approximate surface area is 208 Å². The maximum absolute atomic E-state index is 13.2. The molecule has 1 saturated heterocycles. The molecule has 1 saturated carbocycles. The van der Waals surface area contributed by atoms with Gasteiger partial charge in [-0.05, 0) is 57.3 Å². The molecule has 1 aromatic heterocycles. The summed E-state index contributed by atoms with van der Waals surface area (Å²) < 4.78 is 30.1. The molecule has 34 heavy (non-hydrogen) atoms. The second-order valence-corrected chi connectivity index (χ2v) is 15.8. The van der Waals surface area contributed by atoms with Gasteiger partial charge in [-0.1, -0.05) is 20.8 Å². The van der Waals surface area contributed by atoms with Gasteiger partial charge in [0, 0.05) is 29.8 Å². The predicted octanol–water partition coefficient (Wildman–Crippen LogP) is 3.40. The normalized spacial score (nSPS) is 33.2. The minimum atomic E-state index is -3.31. The highest BCUT2D eigenvalue weighted by Crippen LogP contribution is 2.57. The number of aromatic nitrogens is 1. The molecule has 2 aliphatic carbocycles. The zero-order valence-corrected chi connectivity index (χ0v) is 23.0. The first-order chi connectivity index (χ1) is 15.7. The quantitative estimate of drug-likeness (QED) is 0.664. The molecule has 1 amide bonds. The van der Waals surface area contributed by atoms with Crippen LogP contribution >= 0.6 is 11.3 Å². The Morgan fingerprint density at radius 3 is 2.59 bits per heavy atom. The molecule has 7 nitrogen and oxygen atoms in total. The number of sulfone groups is 1. The van der Waals surface area contributed by atoms with E-state index in [2.05, 4.69) is 13.8 Å². The van der Waals surface area contributed by atoms with E-state index in [-0.39, 0.29) is 40.7 Å². The summed E-state index contributed by atoms with van der Waals surface area (Å²) in [6.45, 7) is 13.9. The van der Waals surface area contributed by atoms with E-state index < -0.39 is 20.7 Å². The highest BCUT2D eigenvalue weighted by Gasteiger charge is 2.54. The summed E-state index contributed by atoms with van der Waals surface area (Å²) in [5.74, 6) is -0.250. The van der Waals surface area contributed by atoms with Crippen molar-refractivity contribution in [2.75, 3.05) is 26.3 Å². The third-order valence-electron chi connectivity index (χ3n) is 8.57. The summed E-state index contributed by atoms with van der Waals surface area (Å²) in [6, 6.07) is 0. The molecular formula is C25H40N2O5S2. The molecule has 1 aromatic rings. The lowest BCUT2D eigenvalue weighted by Gasteiger charge is -2.53. The molecule has 1 aliphatic heterocycles. The second-order valence-electron chi connectivity index (χ2n) is 11.9. The van der Waals surface area contributed by atoms with Crippen molar-refractivity contribution in [3.05, 3.63) is 15.6 Å². The van der Waals surface area contributed by atoms with E-state index in [1.807, 2.05) is 11.8 Å². The fourth-order valence-corrected chi connectivity index (χ4v) is 8.98. The van der Waals surface area contributed by atoms with Gasteiger partial charge in [-0.15, -0.1) is 11.3 Å². The number of rotatable bonds is 4. The number of amides is 1. The van der Waals surface area contributed by atoms with Gasteiger partial charge in [0.25, 0.3) is 0 Å². The SMILES string of the molecule is C[C@H](C(=O)N1CCOCC1)[C@@H]1CC[C@]2(C)Cc3sc(CS(=O)(=O)C(C)(C)C)nc3[C@H](C)[C@@H]2[C@H]1O. The zero-order chi connectivity index (χ0) is 25.1. The second kappa shape index (κ2) is 9.12. The smallest absolute Gasteiger partial charge is 0.225 e. The number of aliphatic hydroxyl groups excluding tert-OH is 1. The van der Waals surface area contributed by atoms with Crippen LogP contribution in [0.15, 0.2) is 0 Å². The third kappa shape index (κ3) is 4.58. The Morgan fingerprint density at radius 1 is 1.32 bits per heavy atom. The number of ether oxygens (including phenoxy) is 1. The molecule has 0 unspecified atom stereocenters. The van der Waals surface area contributed by atoms with E-state index in [1.54, 1.807) is 20.8 Å². The number of hydrogen-bond donors (Lipinski definition) is 1. The van der Waals surface area contributed by atoms with E-state index in [1.165, 1.54) is 11.3 Å². The van der Waals surface area contributed by atoms with Gasteiger partial charge in [-0.2, -0.15) is 0 Å². The average molecular weight is 513 g/mol. The molecule has 9 heteroatoms. The molecule has 0 radical (unpaired) electrons. The van der Waals surface area contributed by atoms with Gasteiger partial charge in [0.05, 0.1) is 29.8 Å². The minimum Gasteiger partial charge on any atom is -0.392 e. The van der Waals surface area contributed by atoms with Crippen LogP contribution in [0, 0.1) is 23.2 Å². The first kappa shape index (κ1) is 26.0. The van der Waals surface area contributed by atoms with Gasteiger partial charge >= 0.3 is 0 Å². The van der Waals surface area contributed by atoms with E-state index in [9.17, 15) is 18.3 Å². The monoisotopic (exact) mass is 512 g/mol. The Kier molecular flexibility index (Phi) is 6.99. The van der Waals surface area contributed by atoms with Crippen LogP contribution in [-0.2, 0) is 31.5 Å². The van der Waals surface area contributed by atoms with Crippen molar-refractivity contribution in [1.82, 2.24) is 9.88 Å². The van der Waals surface area contributed by atoms with Crippen LogP contribution in [-0.4, -0.2) is 66.5 Å². The van der Waals surface area contributed by atoms with Crippen molar-refractivity contribution in [2.24, 2.45) is 23.2 Å². The van der Waals surface area contributed by atoms with E-state index >= 15 is 0 Å². The number of thiazole rings is 1. The van der Waals surface area contributed by atoms with Crippen LogP contribution < -0.4 is 0 Å². The van der Waals surface area contributed by atoms with Gasteiger partial charge in [0.2, 0.25) is 5.91 Å². The molecule has 4 rings (SSSR count). The lowest BCUT2D eigenvalue weighted by atomic mass is 9.53. The van der Waals surface area contributed by atoms with Crippen LogP contribution in [0.1, 0.15) is 75.9 Å². The fourth-order valence-electron chi connectivity index (χ4n) is 6.29. The number of fused-ring (bicyclic) bond motifs is 2. The molecule has 0 aromatic carbocycles. The maximum Gasteiger partial charge on any atom is 0.225 e. The molecule has 192 valence electrons. The standard InChI is InChI=1S/C25H40N2O5S2/c1-15(23(29)27-9-11-32-12-10-27)17-7-8-25(6)13-18-21(16(2)20(25)22(17)28)26-19(33-18)14-34(30,31)24(3,4)5/h15-17,20,22,28H,7-14H2,1-6H3/t15-,16+,17-,20+,22-,25+/m0/s1. The number of carbonyl (C=O) groups is 1. The summed E-state index contributed by atoms with van der Waals surface area (Å²) in [4.78, 5) is 21.0. The molecular weight excluding hydrogens is 472 g/mol. The van der Waals surface area contributed by atoms with Crippen LogP contribution in [0.3, 0.4) is 0 Å². The highest BCUT2D eigenvalue weighted by atomic mass is 32.2. The number of nitrogens with zero attached hydrogens (tertiary/aromatic N) is 2. The van der Waals surface area contributed by atoms with Crippen molar-refractivity contribution in [3.8, 4) is 0 Å². The topological polar surface area (TPSA) is 96.8 Å². The summed E-state index contributed by atoms with van der Waals surface area (Å²) in [6.07, 6.45) is 1.97. The van der Waals surface area contributed by atoms with E-state index in [4.69, 9.17) is 9.72 Å². The zero-order valence-electron chi connectivity index (χ0n) is 21.3. The lowest BCUT2D eigenvalue weighted by molar-refractivity contribution is -0.148. The number of morpholine rings is 1. The van der Waals surface area contributed by atoms with E-state index in [0.29, 0.717) is 31.3 Å². The Bertz CT molecular complexity index is 1020. The first-order valence-electron chi connectivity index (χ1n) is 12.5. The molecule has 0 bridgehead atoms. The molecule has 2 heterocycles. The minimum absolute atomic E-state index is 0.00661. The van der Waals surface area contributed by atoms with Gasteiger partial charge in [0.15, 0.2) is 9.84 Å². The third-order valence-corrected chi connectivity index (χ3v) is 12.3. The number of carbonyl (C=O) groups excluding carboxylic acids is 1. The Balaban J connectivity index is 1.56. The van der Waals surface area contributed by atoms with Crippen LogP contribution in [0.25, 0.3) is 0 Å². The molecule has 6 atom stereocenters. The van der Waals surface area contributed by atoms with Crippen LogP contribution in [0.5, 0.6) is 0 Å². The van der Waals surface area contributed by atoms with Crippen molar-refractivity contribution in [1.29, 1.82) is 0 Å². The highest BCUT2D eigenvalue weighted by molar-refractivity contribution is 7.92. The summed E-state index contributed by atoms with van der Waals surface area (Å²) in [5.41, 5.74) is 0.856. The van der Waals surface area contributed by atoms with Gasteiger partial charge in [-0.3, -0.25) is 4.79 Å². The number of aliphatic hydroxyl groups is 1. The lowest BCUT2D eigenvalue weighted by Crippen LogP contribution is -2.54. The molecule has 0 spiro atoms. The molecule has 3 aliphatic rings. The average Bonchev–Trinajstić information content (AvgIpc) is 3.14. The summed E-state index contributed by atoms with van der Waals surface area (Å²) >= 11 is 1.52. The largest absolute Gasteiger partial charge is 0.392 e.